The average Bonchev–Trinajstić information content (AvgIpc) is 3.08. The van der Waals surface area contributed by atoms with Crippen molar-refractivity contribution in [2.24, 2.45) is 0 Å². The zero-order valence-electron chi connectivity index (χ0n) is 16.2. The van der Waals surface area contributed by atoms with E-state index in [1.165, 1.54) is 12.1 Å². The van der Waals surface area contributed by atoms with Crippen LogP contribution in [0.5, 0.6) is 0 Å². The number of rotatable bonds is 7. The summed E-state index contributed by atoms with van der Waals surface area (Å²) < 4.78 is 40.6. The van der Waals surface area contributed by atoms with E-state index in [9.17, 15) is 23.1 Å². The topological polar surface area (TPSA) is 54.3 Å². The van der Waals surface area contributed by atoms with Gasteiger partial charge in [0.2, 0.25) is 0 Å². The number of para-hydroxylation sites is 1. The first kappa shape index (κ1) is 22.0. The maximum absolute atomic E-state index is 12.9. The molecule has 0 aliphatic carbocycles. The molecule has 8 heteroatoms. The summed E-state index contributed by atoms with van der Waals surface area (Å²) in [6.07, 6.45) is -1.75. The molecule has 30 heavy (non-hydrogen) atoms. The smallest absolute Gasteiger partial charge is 0.416 e. The van der Waals surface area contributed by atoms with Crippen LogP contribution in [-0.2, 0) is 23.9 Å². The van der Waals surface area contributed by atoms with Crippen molar-refractivity contribution in [3.05, 3.63) is 71.4 Å². The van der Waals surface area contributed by atoms with Gasteiger partial charge in [0, 0.05) is 24.5 Å². The van der Waals surface area contributed by atoms with E-state index in [2.05, 4.69) is 5.32 Å². The number of alkyl halides is 3. The molecule has 1 atom stereocenters. The standard InChI is InChI=1S/C22H21F3N2O2S/c1-2-20(30)27-13-15(17-8-3-4-9-19(17)27)11-18(21(28)29)26-12-14-6-5-7-16(10-14)22(23,24)25/h3-10,13,18,26H,2,11-12H2,1H3,(H,28,29). The van der Waals surface area contributed by atoms with E-state index >= 15 is 0 Å². The number of fused-ring (bicyclic) bond motifs is 1. The zero-order valence-corrected chi connectivity index (χ0v) is 17.1. The number of aliphatic carboxylic acids is 1. The number of carboxylic acids is 1. The molecule has 0 amide bonds. The van der Waals surface area contributed by atoms with Gasteiger partial charge in [-0.2, -0.15) is 13.2 Å². The molecule has 0 bridgehead atoms. The van der Waals surface area contributed by atoms with Crippen LogP contribution in [0.15, 0.2) is 54.7 Å². The van der Waals surface area contributed by atoms with Crippen molar-refractivity contribution in [2.45, 2.75) is 38.5 Å². The maximum atomic E-state index is 12.9. The highest BCUT2D eigenvalue weighted by Gasteiger charge is 2.30. The predicted octanol–water partition coefficient (Wildman–Crippen LogP) is 5.03. The molecule has 158 valence electrons. The second kappa shape index (κ2) is 8.97. The number of benzene rings is 2. The zero-order chi connectivity index (χ0) is 21.9. The van der Waals surface area contributed by atoms with Gasteiger partial charge in [0.1, 0.15) is 6.04 Å². The third-order valence-corrected chi connectivity index (χ3v) is 5.38. The first-order chi connectivity index (χ1) is 14.2. The van der Waals surface area contributed by atoms with Crippen molar-refractivity contribution in [1.82, 2.24) is 9.88 Å². The van der Waals surface area contributed by atoms with Crippen LogP contribution >= 0.6 is 12.2 Å². The van der Waals surface area contributed by atoms with E-state index < -0.39 is 23.8 Å². The van der Waals surface area contributed by atoms with E-state index in [-0.39, 0.29) is 13.0 Å². The second-order valence-corrected chi connectivity index (χ2v) is 7.43. The summed E-state index contributed by atoms with van der Waals surface area (Å²) in [6.45, 7) is 1.96. The fourth-order valence-corrected chi connectivity index (χ4v) is 3.51. The van der Waals surface area contributed by atoms with E-state index in [1.54, 1.807) is 0 Å². The first-order valence-corrected chi connectivity index (χ1v) is 9.86. The van der Waals surface area contributed by atoms with Crippen molar-refractivity contribution in [2.75, 3.05) is 0 Å². The number of thiocarbonyl (C=S) groups is 1. The highest BCUT2D eigenvalue weighted by Crippen LogP contribution is 2.29. The van der Waals surface area contributed by atoms with Crippen LogP contribution in [0.4, 0.5) is 13.2 Å². The van der Waals surface area contributed by atoms with Gasteiger partial charge in [0.05, 0.1) is 16.1 Å². The number of hydrogen-bond donors (Lipinski definition) is 2. The molecule has 3 aromatic rings. The van der Waals surface area contributed by atoms with Gasteiger partial charge in [-0.25, -0.2) is 0 Å². The van der Waals surface area contributed by atoms with Gasteiger partial charge in [-0.1, -0.05) is 55.5 Å². The van der Waals surface area contributed by atoms with Crippen molar-refractivity contribution in [3.63, 3.8) is 0 Å². The molecule has 3 rings (SSSR count). The Morgan fingerprint density at radius 3 is 2.60 bits per heavy atom. The van der Waals surface area contributed by atoms with Crippen LogP contribution < -0.4 is 5.32 Å². The lowest BCUT2D eigenvalue weighted by molar-refractivity contribution is -0.140. The molecule has 0 fully saturated rings. The van der Waals surface area contributed by atoms with Gasteiger partial charge in [0.15, 0.2) is 0 Å². The van der Waals surface area contributed by atoms with Crippen LogP contribution in [0.3, 0.4) is 0 Å². The van der Waals surface area contributed by atoms with Gasteiger partial charge in [-0.3, -0.25) is 4.79 Å². The van der Waals surface area contributed by atoms with Gasteiger partial charge in [-0.05, 0) is 29.7 Å². The Bertz CT molecular complexity index is 1080. The second-order valence-electron chi connectivity index (χ2n) is 6.96. The van der Waals surface area contributed by atoms with Gasteiger partial charge >= 0.3 is 12.1 Å². The number of carboxylic acid groups (broad SMARTS) is 1. The van der Waals surface area contributed by atoms with Crippen molar-refractivity contribution >= 4 is 34.1 Å². The Balaban J connectivity index is 1.82. The van der Waals surface area contributed by atoms with Crippen LogP contribution in [0.1, 0.15) is 30.0 Å². The molecule has 0 saturated heterocycles. The highest BCUT2D eigenvalue weighted by molar-refractivity contribution is 7.80. The number of nitrogens with one attached hydrogen (secondary N) is 1. The third kappa shape index (κ3) is 4.88. The molecule has 0 aliphatic rings. The van der Waals surface area contributed by atoms with Gasteiger partial charge in [-0.15, -0.1) is 0 Å². The lowest BCUT2D eigenvalue weighted by Gasteiger charge is -2.15. The quantitative estimate of drug-likeness (QED) is 0.512. The maximum Gasteiger partial charge on any atom is 0.416 e. The molecule has 2 aromatic carbocycles. The lowest BCUT2D eigenvalue weighted by Crippen LogP contribution is -2.38. The van der Waals surface area contributed by atoms with E-state index in [0.717, 1.165) is 33.6 Å². The Morgan fingerprint density at radius 2 is 1.93 bits per heavy atom. The molecule has 0 spiro atoms. The molecule has 0 radical (unpaired) electrons. The monoisotopic (exact) mass is 434 g/mol. The average molecular weight is 434 g/mol. The molecule has 0 saturated carbocycles. The van der Waals surface area contributed by atoms with Crippen LogP contribution in [0.25, 0.3) is 10.9 Å². The minimum absolute atomic E-state index is 0.00685. The van der Waals surface area contributed by atoms with E-state index in [4.69, 9.17) is 12.2 Å². The number of carbonyl (C=O) groups is 1. The van der Waals surface area contributed by atoms with Crippen LogP contribution in [0, 0.1) is 0 Å². The van der Waals surface area contributed by atoms with E-state index in [1.807, 2.05) is 42.0 Å². The molecule has 1 unspecified atom stereocenters. The number of hydrogen-bond acceptors (Lipinski definition) is 3. The Labute approximate surface area is 177 Å². The molecule has 2 N–H and O–H groups in total. The molecular weight excluding hydrogens is 413 g/mol. The Morgan fingerprint density at radius 1 is 1.20 bits per heavy atom. The summed E-state index contributed by atoms with van der Waals surface area (Å²) in [6, 6.07) is 11.5. The first-order valence-electron chi connectivity index (χ1n) is 9.45. The summed E-state index contributed by atoms with van der Waals surface area (Å²) in [5.41, 5.74) is 1.32. The molecule has 1 heterocycles. The third-order valence-electron chi connectivity index (χ3n) is 4.89. The van der Waals surface area contributed by atoms with Gasteiger partial charge < -0.3 is 15.0 Å². The Hall–Kier alpha value is -2.71. The fourth-order valence-electron chi connectivity index (χ4n) is 3.35. The lowest BCUT2D eigenvalue weighted by atomic mass is 10.0. The SMILES string of the molecule is CCC(=S)n1cc(CC(NCc2cccc(C(F)(F)F)c2)C(=O)O)c2ccccc21. The normalized spacial score (nSPS) is 12.8. The summed E-state index contributed by atoms with van der Waals surface area (Å²) in [7, 11) is 0. The number of aromatic nitrogens is 1. The van der Waals surface area contributed by atoms with Gasteiger partial charge in [0.25, 0.3) is 0 Å². The molecule has 0 aliphatic heterocycles. The minimum Gasteiger partial charge on any atom is -0.480 e. The van der Waals surface area contributed by atoms with E-state index in [0.29, 0.717) is 12.0 Å². The number of nitrogens with zero attached hydrogens (tertiary/aromatic N) is 1. The fraction of sp³-hybridized carbons (Fsp3) is 0.273. The number of halogens is 3. The largest absolute Gasteiger partial charge is 0.480 e. The summed E-state index contributed by atoms with van der Waals surface area (Å²) in [5, 5.41) is 13.4. The van der Waals surface area contributed by atoms with Crippen molar-refractivity contribution < 1.29 is 23.1 Å². The molecular formula is C22H21F3N2O2S. The molecule has 4 nitrogen and oxygen atoms in total. The van der Waals surface area contributed by atoms with Crippen LogP contribution in [-0.4, -0.2) is 26.7 Å². The minimum atomic E-state index is -4.44. The predicted molar refractivity (Wildman–Crippen MR) is 114 cm³/mol. The van der Waals surface area contributed by atoms with Crippen molar-refractivity contribution in [3.8, 4) is 0 Å². The molecule has 1 aromatic heterocycles. The Kier molecular flexibility index (Phi) is 6.58. The summed E-state index contributed by atoms with van der Waals surface area (Å²) in [4.78, 5) is 12.5. The van der Waals surface area contributed by atoms with Crippen molar-refractivity contribution in [1.29, 1.82) is 0 Å². The highest BCUT2D eigenvalue weighted by atomic mass is 32.1. The summed E-state index contributed by atoms with van der Waals surface area (Å²) >= 11 is 5.42. The van der Waals surface area contributed by atoms with Crippen LogP contribution in [0.2, 0.25) is 0 Å². The summed E-state index contributed by atoms with van der Waals surface area (Å²) in [5.74, 6) is -1.07.